The van der Waals surface area contributed by atoms with Crippen molar-refractivity contribution in [3.05, 3.63) is 59.7 Å². The van der Waals surface area contributed by atoms with E-state index in [1.165, 1.54) is 16.0 Å². The molecule has 2 rings (SSSR count). The van der Waals surface area contributed by atoms with Gasteiger partial charge in [0, 0.05) is 23.0 Å². The van der Waals surface area contributed by atoms with Gasteiger partial charge < -0.3 is 10.1 Å². The zero-order chi connectivity index (χ0) is 14.4. The summed E-state index contributed by atoms with van der Waals surface area (Å²) in [7, 11) is 1.71. The lowest BCUT2D eigenvalue weighted by molar-refractivity contribution is 0.401. The smallest absolute Gasteiger partial charge is 0.123 e. The van der Waals surface area contributed by atoms with Gasteiger partial charge >= 0.3 is 0 Å². The number of benzene rings is 2. The third kappa shape index (κ3) is 3.78. The highest BCUT2D eigenvalue weighted by Crippen LogP contribution is 2.24. The summed E-state index contributed by atoms with van der Waals surface area (Å²) in [6.07, 6.45) is 2.09. The molecule has 0 aliphatic carbocycles. The largest absolute Gasteiger partial charge is 0.496 e. The van der Waals surface area contributed by atoms with Gasteiger partial charge in [-0.3, -0.25) is 0 Å². The van der Waals surface area contributed by atoms with E-state index in [1.807, 2.05) is 18.2 Å². The summed E-state index contributed by atoms with van der Waals surface area (Å²) in [5.41, 5.74) is 2.49. The Balaban J connectivity index is 1.98. The second kappa shape index (κ2) is 7.36. The van der Waals surface area contributed by atoms with Crippen LogP contribution in [0, 0.1) is 0 Å². The third-order valence-corrected chi connectivity index (χ3v) is 4.12. The summed E-state index contributed by atoms with van der Waals surface area (Å²) in [4.78, 5) is 1.30. The molecule has 0 aliphatic heterocycles. The van der Waals surface area contributed by atoms with Crippen LogP contribution < -0.4 is 10.1 Å². The zero-order valence-electron chi connectivity index (χ0n) is 12.2. The van der Waals surface area contributed by atoms with E-state index >= 15 is 0 Å². The molecule has 1 N–H and O–H groups in total. The van der Waals surface area contributed by atoms with Gasteiger partial charge in [0.15, 0.2) is 0 Å². The quantitative estimate of drug-likeness (QED) is 0.802. The van der Waals surface area contributed by atoms with Crippen LogP contribution in [-0.2, 0) is 6.54 Å². The summed E-state index contributed by atoms with van der Waals surface area (Å²) in [5, 5.41) is 3.54. The maximum Gasteiger partial charge on any atom is 0.123 e. The van der Waals surface area contributed by atoms with Crippen molar-refractivity contribution in [3.63, 3.8) is 0 Å². The van der Waals surface area contributed by atoms with Gasteiger partial charge in [-0.05, 0) is 36.9 Å². The Kier molecular flexibility index (Phi) is 5.50. The molecule has 2 aromatic rings. The summed E-state index contributed by atoms with van der Waals surface area (Å²) >= 11 is 1.77. The van der Waals surface area contributed by atoms with Crippen LogP contribution >= 0.6 is 11.8 Å². The van der Waals surface area contributed by atoms with Crippen LogP contribution in [0.4, 0.5) is 0 Å². The lowest BCUT2D eigenvalue weighted by atomic mass is 10.1. The van der Waals surface area contributed by atoms with E-state index in [1.54, 1.807) is 18.9 Å². The molecule has 0 amide bonds. The molecule has 0 bridgehead atoms. The molecule has 0 aliphatic rings. The van der Waals surface area contributed by atoms with Gasteiger partial charge in [-0.2, -0.15) is 0 Å². The average Bonchev–Trinajstić information content (AvgIpc) is 2.53. The van der Waals surface area contributed by atoms with E-state index < -0.39 is 0 Å². The number of hydrogen-bond donors (Lipinski definition) is 1. The van der Waals surface area contributed by atoms with Crippen molar-refractivity contribution in [3.8, 4) is 5.75 Å². The van der Waals surface area contributed by atoms with Crippen LogP contribution in [0.2, 0.25) is 0 Å². The molecule has 2 nitrogen and oxygen atoms in total. The van der Waals surface area contributed by atoms with Crippen LogP contribution in [0.3, 0.4) is 0 Å². The van der Waals surface area contributed by atoms with Crippen molar-refractivity contribution >= 4 is 11.8 Å². The minimum Gasteiger partial charge on any atom is -0.496 e. The molecule has 0 saturated carbocycles. The predicted molar refractivity (Wildman–Crippen MR) is 86.5 cm³/mol. The van der Waals surface area contributed by atoms with E-state index in [0.717, 1.165) is 12.3 Å². The highest BCUT2D eigenvalue weighted by molar-refractivity contribution is 7.98. The van der Waals surface area contributed by atoms with Gasteiger partial charge in [0.2, 0.25) is 0 Å². The highest BCUT2D eigenvalue weighted by atomic mass is 32.2. The molecule has 0 radical (unpaired) electrons. The fourth-order valence-corrected chi connectivity index (χ4v) is 2.56. The Bertz CT molecular complexity index is 539. The lowest BCUT2D eigenvalue weighted by Gasteiger charge is -2.17. The maximum absolute atomic E-state index is 5.41. The number of nitrogens with one attached hydrogen (secondary N) is 1. The summed E-state index contributed by atoms with van der Waals surface area (Å²) in [5.74, 6) is 0.935. The molecule has 2 aromatic carbocycles. The number of para-hydroxylation sites is 1. The minimum absolute atomic E-state index is 0.256. The Morgan fingerprint density at radius 1 is 1.10 bits per heavy atom. The van der Waals surface area contributed by atoms with E-state index in [4.69, 9.17) is 4.74 Å². The van der Waals surface area contributed by atoms with Crippen molar-refractivity contribution in [1.29, 1.82) is 0 Å². The third-order valence-electron chi connectivity index (χ3n) is 3.38. The monoisotopic (exact) mass is 287 g/mol. The molecule has 0 saturated heterocycles. The number of ether oxygens (including phenoxy) is 1. The minimum atomic E-state index is 0.256. The molecular formula is C17H21NOS. The lowest BCUT2D eigenvalue weighted by Crippen LogP contribution is -2.18. The Morgan fingerprint density at radius 2 is 1.80 bits per heavy atom. The highest BCUT2D eigenvalue weighted by Gasteiger charge is 2.09. The SMILES string of the molecule is COc1ccccc1[C@@H](C)NCc1ccc(SC)cc1. The molecule has 0 spiro atoms. The summed E-state index contributed by atoms with van der Waals surface area (Å²) in [6.45, 7) is 3.02. The molecule has 0 aromatic heterocycles. The summed E-state index contributed by atoms with van der Waals surface area (Å²) < 4.78 is 5.41. The molecule has 0 heterocycles. The van der Waals surface area contributed by atoms with Crippen LogP contribution in [-0.4, -0.2) is 13.4 Å². The van der Waals surface area contributed by atoms with Gasteiger partial charge in [-0.1, -0.05) is 30.3 Å². The number of rotatable bonds is 6. The fourth-order valence-electron chi connectivity index (χ4n) is 2.15. The molecular weight excluding hydrogens is 266 g/mol. The van der Waals surface area contributed by atoms with Crippen LogP contribution in [0.25, 0.3) is 0 Å². The van der Waals surface area contributed by atoms with Crippen LogP contribution in [0.15, 0.2) is 53.4 Å². The van der Waals surface area contributed by atoms with Gasteiger partial charge in [0.1, 0.15) is 5.75 Å². The number of thioether (sulfide) groups is 1. The van der Waals surface area contributed by atoms with Crippen molar-refractivity contribution in [1.82, 2.24) is 5.32 Å². The first-order valence-electron chi connectivity index (χ1n) is 6.74. The predicted octanol–water partition coefficient (Wildman–Crippen LogP) is 4.27. The first-order chi connectivity index (χ1) is 9.74. The van der Waals surface area contributed by atoms with Crippen LogP contribution in [0.5, 0.6) is 5.75 Å². The second-order valence-corrected chi connectivity index (χ2v) is 5.57. The van der Waals surface area contributed by atoms with Crippen molar-refractivity contribution in [2.75, 3.05) is 13.4 Å². The molecule has 3 heteroatoms. The standard InChI is InChI=1S/C17H21NOS/c1-13(16-6-4-5-7-17(16)19-2)18-12-14-8-10-15(20-3)11-9-14/h4-11,13,18H,12H2,1-3H3/t13-/m1/s1. The Hall–Kier alpha value is -1.45. The zero-order valence-corrected chi connectivity index (χ0v) is 13.0. The topological polar surface area (TPSA) is 21.3 Å². The number of hydrogen-bond acceptors (Lipinski definition) is 3. The molecule has 1 atom stereocenters. The summed E-state index contributed by atoms with van der Waals surface area (Å²) in [6, 6.07) is 17.1. The Labute approximate surface area is 125 Å². The Morgan fingerprint density at radius 3 is 2.45 bits per heavy atom. The molecule has 106 valence electrons. The molecule has 0 fully saturated rings. The van der Waals surface area contributed by atoms with E-state index in [-0.39, 0.29) is 6.04 Å². The normalized spacial score (nSPS) is 12.2. The first kappa shape index (κ1) is 14.9. The van der Waals surface area contributed by atoms with Gasteiger partial charge in [0.05, 0.1) is 7.11 Å². The van der Waals surface area contributed by atoms with Gasteiger partial charge in [-0.25, -0.2) is 0 Å². The van der Waals surface area contributed by atoms with E-state index in [9.17, 15) is 0 Å². The van der Waals surface area contributed by atoms with Crippen molar-refractivity contribution < 1.29 is 4.74 Å². The van der Waals surface area contributed by atoms with E-state index in [2.05, 4.69) is 48.8 Å². The second-order valence-electron chi connectivity index (χ2n) is 4.69. The van der Waals surface area contributed by atoms with Gasteiger partial charge in [-0.15, -0.1) is 11.8 Å². The fraction of sp³-hybridized carbons (Fsp3) is 0.294. The van der Waals surface area contributed by atoms with Crippen molar-refractivity contribution in [2.45, 2.75) is 24.4 Å². The maximum atomic E-state index is 5.41. The van der Waals surface area contributed by atoms with Crippen molar-refractivity contribution in [2.24, 2.45) is 0 Å². The molecule has 0 unspecified atom stereocenters. The molecule has 20 heavy (non-hydrogen) atoms. The average molecular weight is 287 g/mol. The first-order valence-corrected chi connectivity index (χ1v) is 7.96. The number of methoxy groups -OCH3 is 1. The van der Waals surface area contributed by atoms with Crippen LogP contribution in [0.1, 0.15) is 24.1 Å². The van der Waals surface area contributed by atoms with E-state index in [0.29, 0.717) is 0 Å². The van der Waals surface area contributed by atoms with Gasteiger partial charge in [0.25, 0.3) is 0 Å².